The second kappa shape index (κ2) is 14.8. The summed E-state index contributed by atoms with van der Waals surface area (Å²) in [6.45, 7) is 9.55. The molecule has 1 atom stereocenters. The average molecular weight is 722 g/mol. The number of thiocarbonyl (C=S) groups is 1. The van der Waals surface area contributed by atoms with Gasteiger partial charge in [0, 0.05) is 6.04 Å². The molecule has 3 rings (SSSR count). The number of pyridine rings is 1. The Hall–Kier alpha value is -4.08. The van der Waals surface area contributed by atoms with E-state index in [1.165, 1.54) is 19.9 Å². The first-order valence-corrected chi connectivity index (χ1v) is 15.1. The smallest absolute Gasteiger partial charge is 0.421 e. The Morgan fingerprint density at radius 1 is 1.06 bits per heavy atom. The molecule has 1 aliphatic heterocycles. The minimum absolute atomic E-state index is 0.0142. The van der Waals surface area contributed by atoms with E-state index in [1.807, 2.05) is 27.7 Å². The SMILES string of the molecule is CC(NC(=O)COCCOCCOc1ncc(N2C(=S)N(c3ccc(C#N)c(C(F)(F)F)c3F)C(=O)C2(C)C)cc1C(F)(F)F)C(C)(C)C. The van der Waals surface area contributed by atoms with E-state index in [1.54, 1.807) is 0 Å². The fourth-order valence-electron chi connectivity index (χ4n) is 4.51. The Bertz CT molecular complexity index is 1620. The van der Waals surface area contributed by atoms with Crippen molar-refractivity contribution in [3.63, 3.8) is 0 Å². The summed E-state index contributed by atoms with van der Waals surface area (Å²) in [4.78, 5) is 30.4. The van der Waals surface area contributed by atoms with Gasteiger partial charge in [0.15, 0.2) is 10.9 Å². The first-order valence-electron chi connectivity index (χ1n) is 14.7. The zero-order valence-electron chi connectivity index (χ0n) is 27.3. The molecule has 0 aliphatic carbocycles. The van der Waals surface area contributed by atoms with Crippen molar-refractivity contribution in [1.82, 2.24) is 10.3 Å². The number of nitrogens with zero attached hydrogens (tertiary/aromatic N) is 4. The normalized spacial score (nSPS) is 15.8. The Balaban J connectivity index is 1.72. The van der Waals surface area contributed by atoms with E-state index >= 15 is 4.39 Å². The molecule has 1 aromatic carbocycles. The minimum Gasteiger partial charge on any atom is -0.475 e. The lowest BCUT2D eigenvalue weighted by molar-refractivity contribution is -0.140. The summed E-state index contributed by atoms with van der Waals surface area (Å²) in [6.07, 6.45) is -9.42. The number of halogens is 7. The predicted molar refractivity (Wildman–Crippen MR) is 166 cm³/mol. The summed E-state index contributed by atoms with van der Waals surface area (Å²) >= 11 is 5.28. The molecule has 2 heterocycles. The van der Waals surface area contributed by atoms with Gasteiger partial charge in [-0.2, -0.15) is 31.6 Å². The van der Waals surface area contributed by atoms with E-state index in [4.69, 9.17) is 31.7 Å². The molecule has 1 saturated heterocycles. The van der Waals surface area contributed by atoms with Crippen LogP contribution in [-0.4, -0.2) is 66.5 Å². The Morgan fingerprint density at radius 2 is 1.67 bits per heavy atom. The fourth-order valence-corrected chi connectivity index (χ4v) is 5.03. The third-order valence-electron chi connectivity index (χ3n) is 7.58. The molecule has 2 amide bonds. The van der Waals surface area contributed by atoms with Crippen LogP contribution in [0, 0.1) is 22.6 Å². The van der Waals surface area contributed by atoms with E-state index in [9.17, 15) is 35.9 Å². The van der Waals surface area contributed by atoms with Gasteiger partial charge in [-0.1, -0.05) is 20.8 Å². The standard InChI is InChI=1S/C31H34F7N5O5S/c1-17(28(2,3)4)41-22(44)16-47-10-9-46-11-12-48-25-20(30(33,34)35)13-19(15-40-25)43-27(49)42(26(45)29(43,5)6)21-8-7-18(14-39)23(24(21)32)31(36,37)38/h7-8,13,15,17H,9-12,16H2,1-6H3,(H,41,44). The fraction of sp³-hybridized carbons (Fsp3) is 0.516. The maximum Gasteiger partial charge on any atom is 0.421 e. The Morgan fingerprint density at radius 3 is 2.24 bits per heavy atom. The second-order valence-corrected chi connectivity index (χ2v) is 12.8. The number of hydrogen-bond acceptors (Lipinski definition) is 8. The maximum absolute atomic E-state index is 15.3. The Kier molecular flexibility index (Phi) is 11.9. The number of benzene rings is 1. The maximum atomic E-state index is 15.3. The van der Waals surface area contributed by atoms with Gasteiger partial charge in [-0.25, -0.2) is 9.37 Å². The van der Waals surface area contributed by atoms with Gasteiger partial charge < -0.3 is 24.4 Å². The van der Waals surface area contributed by atoms with Crippen molar-refractivity contribution in [2.24, 2.45) is 5.41 Å². The van der Waals surface area contributed by atoms with Crippen molar-refractivity contribution in [3.05, 3.63) is 46.9 Å². The minimum atomic E-state index is -5.31. The summed E-state index contributed by atoms with van der Waals surface area (Å²) in [5.41, 5.74) is -7.61. The summed E-state index contributed by atoms with van der Waals surface area (Å²) in [5.74, 6) is -4.15. The lowest BCUT2D eigenvalue weighted by Crippen LogP contribution is -2.44. The molecule has 0 bridgehead atoms. The van der Waals surface area contributed by atoms with Crippen LogP contribution in [0.4, 0.5) is 42.1 Å². The number of rotatable bonds is 12. The molecule has 0 saturated carbocycles. The number of amides is 2. The zero-order chi connectivity index (χ0) is 37.1. The van der Waals surface area contributed by atoms with Gasteiger partial charge in [0.25, 0.3) is 5.91 Å². The lowest BCUT2D eigenvalue weighted by Gasteiger charge is -2.30. The molecule has 268 valence electrons. The van der Waals surface area contributed by atoms with Crippen LogP contribution in [-0.2, 0) is 31.4 Å². The van der Waals surface area contributed by atoms with Crippen molar-refractivity contribution in [2.45, 2.75) is 65.5 Å². The van der Waals surface area contributed by atoms with E-state index in [0.29, 0.717) is 17.0 Å². The summed E-state index contributed by atoms with van der Waals surface area (Å²) < 4.78 is 114. The number of nitriles is 1. The van der Waals surface area contributed by atoms with Gasteiger partial charge in [-0.05, 0) is 56.6 Å². The summed E-state index contributed by atoms with van der Waals surface area (Å²) in [5, 5.41) is 11.2. The predicted octanol–water partition coefficient (Wildman–Crippen LogP) is 6.01. The number of anilines is 2. The zero-order valence-corrected chi connectivity index (χ0v) is 28.1. The van der Waals surface area contributed by atoms with Gasteiger partial charge >= 0.3 is 12.4 Å². The van der Waals surface area contributed by atoms with Crippen LogP contribution in [0.3, 0.4) is 0 Å². The number of carbonyl (C=O) groups is 2. The highest BCUT2D eigenvalue weighted by Gasteiger charge is 2.52. The van der Waals surface area contributed by atoms with E-state index in [2.05, 4.69) is 10.3 Å². The van der Waals surface area contributed by atoms with Gasteiger partial charge in [0.2, 0.25) is 11.8 Å². The largest absolute Gasteiger partial charge is 0.475 e. The van der Waals surface area contributed by atoms with Crippen LogP contribution in [0.25, 0.3) is 0 Å². The molecular weight excluding hydrogens is 687 g/mol. The van der Waals surface area contributed by atoms with E-state index < -0.39 is 63.0 Å². The van der Waals surface area contributed by atoms with E-state index in [-0.39, 0.29) is 56.1 Å². The van der Waals surface area contributed by atoms with E-state index in [0.717, 1.165) is 17.2 Å². The van der Waals surface area contributed by atoms with Crippen LogP contribution in [0.2, 0.25) is 0 Å². The summed E-state index contributed by atoms with van der Waals surface area (Å²) in [7, 11) is 0. The van der Waals surface area contributed by atoms with Gasteiger partial charge in [-0.15, -0.1) is 0 Å². The van der Waals surface area contributed by atoms with Gasteiger partial charge in [-0.3, -0.25) is 14.5 Å². The molecule has 0 radical (unpaired) electrons. The van der Waals surface area contributed by atoms with Crippen molar-refractivity contribution in [1.29, 1.82) is 5.26 Å². The number of ether oxygens (including phenoxy) is 3. The van der Waals surface area contributed by atoms with Crippen molar-refractivity contribution in [2.75, 3.05) is 42.8 Å². The molecular formula is C31H34F7N5O5S. The van der Waals surface area contributed by atoms with Crippen LogP contribution in [0.1, 0.15) is 58.2 Å². The molecule has 1 N–H and O–H groups in total. The summed E-state index contributed by atoms with van der Waals surface area (Å²) in [6, 6.07) is 3.15. The third-order valence-corrected chi connectivity index (χ3v) is 7.95. The number of aromatic nitrogens is 1. The van der Waals surface area contributed by atoms with Crippen molar-refractivity contribution in [3.8, 4) is 11.9 Å². The first-order chi connectivity index (χ1) is 22.5. The van der Waals surface area contributed by atoms with Crippen LogP contribution in [0.5, 0.6) is 5.88 Å². The van der Waals surface area contributed by atoms with Gasteiger partial charge in [0.05, 0.1) is 49.0 Å². The van der Waals surface area contributed by atoms with Crippen LogP contribution in [0.15, 0.2) is 24.4 Å². The molecule has 10 nitrogen and oxygen atoms in total. The second-order valence-electron chi connectivity index (χ2n) is 12.5. The molecule has 1 aliphatic rings. The van der Waals surface area contributed by atoms with Crippen LogP contribution >= 0.6 is 12.2 Å². The first kappa shape index (κ1) is 39.4. The molecule has 49 heavy (non-hydrogen) atoms. The molecule has 0 spiro atoms. The third kappa shape index (κ3) is 8.94. The monoisotopic (exact) mass is 721 g/mol. The number of hydrogen-bond donors (Lipinski definition) is 1. The highest BCUT2D eigenvalue weighted by molar-refractivity contribution is 7.81. The topological polar surface area (TPSA) is 117 Å². The quantitative estimate of drug-likeness (QED) is 0.160. The molecule has 1 aromatic heterocycles. The van der Waals surface area contributed by atoms with Crippen molar-refractivity contribution < 1.29 is 54.5 Å². The number of carbonyl (C=O) groups excluding carboxylic acids is 2. The Labute approximate surface area is 283 Å². The number of nitrogens with one attached hydrogen (secondary N) is 1. The number of alkyl halides is 6. The molecule has 1 unspecified atom stereocenters. The molecule has 1 fully saturated rings. The average Bonchev–Trinajstić information content (AvgIpc) is 3.15. The molecule has 2 aromatic rings. The van der Waals surface area contributed by atoms with Gasteiger partial charge in [0.1, 0.15) is 29.9 Å². The highest BCUT2D eigenvalue weighted by atomic mass is 32.1. The van der Waals surface area contributed by atoms with Crippen LogP contribution < -0.4 is 19.9 Å². The highest BCUT2D eigenvalue weighted by Crippen LogP contribution is 2.43. The molecule has 18 heteroatoms. The van der Waals surface area contributed by atoms with Crippen molar-refractivity contribution >= 4 is 40.5 Å². The lowest BCUT2D eigenvalue weighted by atomic mass is 9.88.